The zero-order valence-corrected chi connectivity index (χ0v) is 13.3. The molecule has 0 bridgehead atoms. The molecule has 2 aromatic rings. The fourth-order valence-corrected chi connectivity index (χ4v) is 3.03. The second kappa shape index (κ2) is 6.72. The van der Waals surface area contributed by atoms with E-state index in [-0.39, 0.29) is 12.5 Å². The lowest BCUT2D eigenvalue weighted by atomic mass is 10.0. The van der Waals surface area contributed by atoms with Crippen molar-refractivity contribution in [1.82, 2.24) is 0 Å². The highest BCUT2D eigenvalue weighted by atomic mass is 35.5. The van der Waals surface area contributed by atoms with E-state index < -0.39 is 0 Å². The third-order valence-electron chi connectivity index (χ3n) is 3.92. The lowest BCUT2D eigenvalue weighted by Gasteiger charge is -2.30. The van der Waals surface area contributed by atoms with E-state index in [4.69, 9.17) is 16.9 Å². The fourth-order valence-electron chi connectivity index (χ4n) is 2.86. The van der Waals surface area contributed by atoms with Gasteiger partial charge in [0.05, 0.1) is 17.8 Å². The molecule has 4 nitrogen and oxygen atoms in total. The monoisotopic (exact) mass is 325 g/mol. The standard InChI is InChI=1S/C18H16ClN3O/c19-15-8-7-14(11-20)16(10-15)21-18(23)12-22-9-3-5-13-4-1-2-6-17(13)22/h1-2,4,6-8,10H,3,5,9,12H2,(H,21,23). The number of anilines is 2. The molecule has 0 unspecified atom stereocenters. The van der Waals surface area contributed by atoms with Gasteiger partial charge in [-0.1, -0.05) is 29.8 Å². The number of aryl methyl sites for hydroxylation is 1. The molecule has 0 atom stereocenters. The summed E-state index contributed by atoms with van der Waals surface area (Å²) in [6, 6.07) is 15.1. The van der Waals surface area contributed by atoms with Gasteiger partial charge in [0.25, 0.3) is 0 Å². The highest BCUT2D eigenvalue weighted by molar-refractivity contribution is 6.31. The Morgan fingerprint density at radius 3 is 2.96 bits per heavy atom. The van der Waals surface area contributed by atoms with Crippen LogP contribution in [-0.4, -0.2) is 19.0 Å². The van der Waals surface area contributed by atoms with Crippen LogP contribution in [0.25, 0.3) is 0 Å². The van der Waals surface area contributed by atoms with Crippen LogP contribution in [0.5, 0.6) is 0 Å². The second-order valence-corrected chi connectivity index (χ2v) is 5.94. The maximum atomic E-state index is 12.4. The molecule has 0 fully saturated rings. The number of hydrogen-bond acceptors (Lipinski definition) is 3. The average molecular weight is 326 g/mol. The van der Waals surface area contributed by atoms with Crippen molar-refractivity contribution >= 4 is 28.9 Å². The van der Waals surface area contributed by atoms with Crippen LogP contribution in [0.15, 0.2) is 42.5 Å². The summed E-state index contributed by atoms with van der Waals surface area (Å²) < 4.78 is 0. The van der Waals surface area contributed by atoms with Gasteiger partial charge in [-0.2, -0.15) is 5.26 Å². The van der Waals surface area contributed by atoms with Gasteiger partial charge in [-0.25, -0.2) is 0 Å². The van der Waals surface area contributed by atoms with Crippen LogP contribution in [-0.2, 0) is 11.2 Å². The van der Waals surface area contributed by atoms with Gasteiger partial charge in [0.1, 0.15) is 6.07 Å². The van der Waals surface area contributed by atoms with E-state index in [0.29, 0.717) is 16.3 Å². The first-order chi connectivity index (χ1) is 11.2. The van der Waals surface area contributed by atoms with Crippen molar-refractivity contribution in [1.29, 1.82) is 5.26 Å². The van der Waals surface area contributed by atoms with E-state index in [1.54, 1.807) is 18.2 Å². The molecule has 3 rings (SSSR count). The molecule has 1 aliphatic heterocycles. The van der Waals surface area contributed by atoms with E-state index in [1.807, 2.05) is 18.2 Å². The molecule has 0 saturated heterocycles. The molecule has 0 radical (unpaired) electrons. The molecule has 5 heteroatoms. The van der Waals surface area contributed by atoms with Gasteiger partial charge in [-0.05, 0) is 42.7 Å². The molecule has 0 spiro atoms. The number of nitrogens with one attached hydrogen (secondary N) is 1. The Labute approximate surface area is 140 Å². The third-order valence-corrected chi connectivity index (χ3v) is 4.15. The van der Waals surface area contributed by atoms with Crippen LogP contribution < -0.4 is 10.2 Å². The van der Waals surface area contributed by atoms with Crippen molar-refractivity contribution in [3.63, 3.8) is 0 Å². The van der Waals surface area contributed by atoms with Gasteiger partial charge in [0, 0.05) is 17.3 Å². The number of benzene rings is 2. The Hall–Kier alpha value is -2.51. The lowest BCUT2D eigenvalue weighted by molar-refractivity contribution is -0.115. The summed E-state index contributed by atoms with van der Waals surface area (Å²) in [5, 5.41) is 12.4. The normalized spacial score (nSPS) is 13.1. The van der Waals surface area contributed by atoms with Crippen LogP contribution in [0.3, 0.4) is 0 Å². The van der Waals surface area contributed by atoms with E-state index in [9.17, 15) is 4.79 Å². The molecule has 0 saturated carbocycles. The number of hydrogen-bond donors (Lipinski definition) is 1. The Bertz CT molecular complexity index is 782. The molecule has 1 N–H and O–H groups in total. The molecule has 23 heavy (non-hydrogen) atoms. The molecule has 1 amide bonds. The number of nitriles is 1. The summed E-state index contributed by atoms with van der Waals surface area (Å²) in [7, 11) is 0. The predicted molar refractivity (Wildman–Crippen MR) is 91.8 cm³/mol. The Morgan fingerprint density at radius 1 is 1.30 bits per heavy atom. The molecule has 1 aliphatic rings. The average Bonchev–Trinajstić information content (AvgIpc) is 2.55. The van der Waals surface area contributed by atoms with E-state index in [0.717, 1.165) is 25.1 Å². The van der Waals surface area contributed by atoms with Gasteiger partial charge in [0.2, 0.25) is 5.91 Å². The number of rotatable bonds is 3. The van der Waals surface area contributed by atoms with Crippen molar-refractivity contribution < 1.29 is 4.79 Å². The van der Waals surface area contributed by atoms with Crippen molar-refractivity contribution in [2.45, 2.75) is 12.8 Å². The molecule has 0 aliphatic carbocycles. The zero-order valence-electron chi connectivity index (χ0n) is 12.6. The Kier molecular flexibility index (Phi) is 4.50. The summed E-state index contributed by atoms with van der Waals surface area (Å²) in [6.45, 7) is 1.11. The maximum Gasteiger partial charge on any atom is 0.243 e. The zero-order chi connectivity index (χ0) is 16.2. The summed E-state index contributed by atoms with van der Waals surface area (Å²) in [6.07, 6.45) is 2.08. The topological polar surface area (TPSA) is 56.1 Å². The van der Waals surface area contributed by atoms with Gasteiger partial charge < -0.3 is 10.2 Å². The van der Waals surface area contributed by atoms with E-state index in [2.05, 4.69) is 22.4 Å². The summed E-state index contributed by atoms with van der Waals surface area (Å²) >= 11 is 5.94. The Balaban J connectivity index is 1.74. The maximum absolute atomic E-state index is 12.4. The van der Waals surface area contributed by atoms with Crippen molar-refractivity contribution in [2.24, 2.45) is 0 Å². The van der Waals surface area contributed by atoms with Crippen LogP contribution in [0.4, 0.5) is 11.4 Å². The number of carbonyl (C=O) groups is 1. The summed E-state index contributed by atoms with van der Waals surface area (Å²) in [5.41, 5.74) is 3.24. The van der Waals surface area contributed by atoms with Crippen LogP contribution in [0.2, 0.25) is 5.02 Å². The number of carbonyl (C=O) groups excluding carboxylic acids is 1. The van der Waals surface area contributed by atoms with Crippen molar-refractivity contribution in [2.75, 3.05) is 23.3 Å². The van der Waals surface area contributed by atoms with Gasteiger partial charge in [-0.15, -0.1) is 0 Å². The molecule has 1 heterocycles. The van der Waals surface area contributed by atoms with Crippen LogP contribution in [0.1, 0.15) is 17.5 Å². The number of nitrogens with zero attached hydrogens (tertiary/aromatic N) is 2. The molecule has 2 aromatic carbocycles. The van der Waals surface area contributed by atoms with Gasteiger partial charge in [-0.3, -0.25) is 4.79 Å². The minimum Gasteiger partial charge on any atom is -0.362 e. The number of halogens is 1. The number of amides is 1. The first kappa shape index (κ1) is 15.4. The fraction of sp³-hybridized carbons (Fsp3) is 0.222. The van der Waals surface area contributed by atoms with Crippen molar-refractivity contribution in [3.8, 4) is 6.07 Å². The van der Waals surface area contributed by atoms with Crippen LogP contribution in [0, 0.1) is 11.3 Å². The first-order valence-corrected chi connectivity index (χ1v) is 7.87. The number of fused-ring (bicyclic) bond motifs is 1. The first-order valence-electron chi connectivity index (χ1n) is 7.50. The smallest absolute Gasteiger partial charge is 0.243 e. The van der Waals surface area contributed by atoms with Crippen molar-refractivity contribution in [3.05, 3.63) is 58.6 Å². The highest BCUT2D eigenvalue weighted by Gasteiger charge is 2.19. The largest absolute Gasteiger partial charge is 0.362 e. The number of para-hydroxylation sites is 1. The molecule has 116 valence electrons. The molecule has 0 aromatic heterocycles. The summed E-state index contributed by atoms with van der Waals surface area (Å²) in [5.74, 6) is -0.152. The third kappa shape index (κ3) is 3.46. The SMILES string of the molecule is N#Cc1ccc(Cl)cc1NC(=O)CN1CCCc2ccccc21. The lowest BCUT2D eigenvalue weighted by Crippen LogP contribution is -2.36. The van der Waals surface area contributed by atoms with E-state index >= 15 is 0 Å². The van der Waals surface area contributed by atoms with E-state index in [1.165, 1.54) is 5.56 Å². The van der Waals surface area contributed by atoms with Crippen LogP contribution >= 0.6 is 11.6 Å². The van der Waals surface area contributed by atoms with Gasteiger partial charge in [0.15, 0.2) is 0 Å². The quantitative estimate of drug-likeness (QED) is 0.938. The molecular formula is C18H16ClN3O. The summed E-state index contributed by atoms with van der Waals surface area (Å²) in [4.78, 5) is 14.4. The minimum absolute atomic E-state index is 0.152. The minimum atomic E-state index is -0.152. The van der Waals surface area contributed by atoms with Gasteiger partial charge >= 0.3 is 0 Å². The Morgan fingerprint density at radius 2 is 2.13 bits per heavy atom. The highest BCUT2D eigenvalue weighted by Crippen LogP contribution is 2.26. The second-order valence-electron chi connectivity index (χ2n) is 5.50. The predicted octanol–water partition coefficient (Wildman–Crippen LogP) is 3.60. The molecular weight excluding hydrogens is 310 g/mol.